The number of amides is 2. The summed E-state index contributed by atoms with van der Waals surface area (Å²) in [5.74, 6) is 1.30. The van der Waals surface area contributed by atoms with Crippen molar-refractivity contribution in [1.29, 1.82) is 0 Å². The van der Waals surface area contributed by atoms with Gasteiger partial charge in [-0.1, -0.05) is 36.4 Å². The molecule has 2 heterocycles. The molecule has 2 amide bonds. The van der Waals surface area contributed by atoms with E-state index in [4.69, 9.17) is 14.2 Å². The van der Waals surface area contributed by atoms with E-state index in [0.717, 1.165) is 16.9 Å². The quantitative estimate of drug-likeness (QED) is 0.511. The SMILES string of the molecule is O=C1NN(c2ccccc2)C(=O)/C1=C\c1ccc(OCc2ccc3c(c2)OCO3)cc1. The number of carbonyl (C=O) groups excluding carboxylic acids is 2. The molecule has 7 heteroatoms. The molecule has 3 aromatic carbocycles. The summed E-state index contributed by atoms with van der Waals surface area (Å²) in [6.07, 6.45) is 1.57. The van der Waals surface area contributed by atoms with Crippen LogP contribution in [0.25, 0.3) is 6.08 Å². The summed E-state index contributed by atoms with van der Waals surface area (Å²) >= 11 is 0. The molecule has 2 aliphatic rings. The predicted molar refractivity (Wildman–Crippen MR) is 113 cm³/mol. The molecule has 5 rings (SSSR count). The van der Waals surface area contributed by atoms with Crippen molar-refractivity contribution in [3.8, 4) is 17.2 Å². The van der Waals surface area contributed by atoms with E-state index in [0.29, 0.717) is 23.8 Å². The van der Waals surface area contributed by atoms with Gasteiger partial charge in [0.1, 0.15) is 17.9 Å². The van der Waals surface area contributed by atoms with Crippen molar-refractivity contribution in [3.05, 3.63) is 89.5 Å². The van der Waals surface area contributed by atoms with Gasteiger partial charge in [0.05, 0.1) is 5.69 Å². The molecule has 1 fully saturated rings. The molecule has 0 radical (unpaired) electrons. The van der Waals surface area contributed by atoms with E-state index in [-0.39, 0.29) is 18.3 Å². The van der Waals surface area contributed by atoms with Crippen molar-refractivity contribution in [2.24, 2.45) is 0 Å². The van der Waals surface area contributed by atoms with Crippen LogP contribution in [0.5, 0.6) is 17.2 Å². The molecule has 0 spiro atoms. The molecule has 3 aromatic rings. The Kier molecular flexibility index (Phi) is 4.76. The third kappa shape index (κ3) is 3.81. The Morgan fingerprint density at radius 1 is 0.935 bits per heavy atom. The highest BCUT2D eigenvalue weighted by Gasteiger charge is 2.34. The van der Waals surface area contributed by atoms with Gasteiger partial charge in [-0.2, -0.15) is 0 Å². The van der Waals surface area contributed by atoms with Crippen LogP contribution in [0.3, 0.4) is 0 Å². The highest BCUT2D eigenvalue weighted by Crippen LogP contribution is 2.32. The lowest BCUT2D eigenvalue weighted by molar-refractivity contribution is -0.117. The molecule has 0 bridgehead atoms. The fourth-order valence-electron chi connectivity index (χ4n) is 3.34. The fourth-order valence-corrected chi connectivity index (χ4v) is 3.34. The van der Waals surface area contributed by atoms with Crippen LogP contribution in [0.15, 0.2) is 78.4 Å². The number of hydrazine groups is 1. The number of para-hydroxylation sites is 1. The second kappa shape index (κ2) is 7.87. The number of nitrogens with one attached hydrogen (secondary N) is 1. The van der Waals surface area contributed by atoms with Crippen LogP contribution in [0.2, 0.25) is 0 Å². The lowest BCUT2D eigenvalue weighted by Gasteiger charge is -2.13. The number of hydrogen-bond donors (Lipinski definition) is 1. The van der Waals surface area contributed by atoms with Gasteiger partial charge >= 0.3 is 0 Å². The Labute approximate surface area is 178 Å². The average Bonchev–Trinajstić information content (AvgIpc) is 3.38. The zero-order chi connectivity index (χ0) is 21.2. The van der Waals surface area contributed by atoms with Crippen molar-refractivity contribution < 1.29 is 23.8 Å². The number of ether oxygens (including phenoxy) is 3. The van der Waals surface area contributed by atoms with Crippen LogP contribution in [0.1, 0.15) is 11.1 Å². The summed E-state index contributed by atoms with van der Waals surface area (Å²) in [6, 6.07) is 21.8. The summed E-state index contributed by atoms with van der Waals surface area (Å²) in [5.41, 5.74) is 4.97. The maximum atomic E-state index is 12.7. The standard InChI is InChI=1S/C24H18N2O5/c27-23-20(24(28)26(25-23)18-4-2-1-3-5-18)12-16-6-9-19(10-7-16)29-14-17-8-11-21-22(13-17)31-15-30-21/h1-13H,14-15H2,(H,25,27)/b20-12-. The maximum absolute atomic E-state index is 12.7. The average molecular weight is 414 g/mol. The number of benzene rings is 3. The summed E-state index contributed by atoms with van der Waals surface area (Å²) < 4.78 is 16.5. The minimum atomic E-state index is -0.433. The molecule has 31 heavy (non-hydrogen) atoms. The van der Waals surface area contributed by atoms with Crippen LogP contribution >= 0.6 is 0 Å². The van der Waals surface area contributed by atoms with Crippen molar-refractivity contribution in [2.75, 3.05) is 11.8 Å². The van der Waals surface area contributed by atoms with Crippen LogP contribution < -0.4 is 24.6 Å². The van der Waals surface area contributed by atoms with Crippen LogP contribution in [-0.4, -0.2) is 18.6 Å². The number of nitrogens with zero attached hydrogens (tertiary/aromatic N) is 1. The molecule has 0 aliphatic carbocycles. The first-order valence-corrected chi connectivity index (χ1v) is 9.71. The van der Waals surface area contributed by atoms with Gasteiger partial charge in [-0.25, -0.2) is 5.01 Å². The molecule has 0 atom stereocenters. The van der Waals surface area contributed by atoms with E-state index >= 15 is 0 Å². The second-order valence-electron chi connectivity index (χ2n) is 7.02. The van der Waals surface area contributed by atoms with Gasteiger partial charge in [0.15, 0.2) is 11.5 Å². The smallest absolute Gasteiger partial charge is 0.282 e. The van der Waals surface area contributed by atoms with E-state index in [1.807, 2.05) is 24.3 Å². The van der Waals surface area contributed by atoms with Gasteiger partial charge in [0.2, 0.25) is 6.79 Å². The van der Waals surface area contributed by atoms with Crippen LogP contribution in [-0.2, 0) is 16.2 Å². The maximum Gasteiger partial charge on any atom is 0.282 e. The largest absolute Gasteiger partial charge is 0.489 e. The van der Waals surface area contributed by atoms with Gasteiger partial charge in [0.25, 0.3) is 11.8 Å². The number of rotatable bonds is 5. The first-order chi connectivity index (χ1) is 15.2. The van der Waals surface area contributed by atoms with Gasteiger partial charge < -0.3 is 14.2 Å². The number of carbonyl (C=O) groups is 2. The van der Waals surface area contributed by atoms with E-state index in [9.17, 15) is 9.59 Å². The van der Waals surface area contributed by atoms with E-state index < -0.39 is 5.91 Å². The van der Waals surface area contributed by atoms with Crippen molar-refractivity contribution in [1.82, 2.24) is 5.43 Å². The van der Waals surface area contributed by atoms with Crippen LogP contribution in [0.4, 0.5) is 5.69 Å². The number of anilines is 1. The topological polar surface area (TPSA) is 77.1 Å². The summed E-state index contributed by atoms with van der Waals surface area (Å²) in [7, 11) is 0. The summed E-state index contributed by atoms with van der Waals surface area (Å²) in [4.78, 5) is 25.0. The van der Waals surface area contributed by atoms with Crippen LogP contribution in [0, 0.1) is 0 Å². The first kappa shape index (κ1) is 18.7. The van der Waals surface area contributed by atoms with E-state index in [1.54, 1.807) is 54.6 Å². The van der Waals surface area contributed by atoms with Gasteiger partial charge in [0, 0.05) is 0 Å². The highest BCUT2D eigenvalue weighted by molar-refractivity contribution is 6.31. The predicted octanol–water partition coefficient (Wildman–Crippen LogP) is 3.46. The molecule has 1 N–H and O–H groups in total. The minimum Gasteiger partial charge on any atom is -0.489 e. The molecule has 7 nitrogen and oxygen atoms in total. The zero-order valence-electron chi connectivity index (χ0n) is 16.4. The van der Waals surface area contributed by atoms with Gasteiger partial charge in [-0.05, 0) is 53.6 Å². The van der Waals surface area contributed by atoms with Crippen molar-refractivity contribution >= 4 is 23.6 Å². The van der Waals surface area contributed by atoms with Gasteiger partial charge in [-0.15, -0.1) is 0 Å². The molecule has 2 aliphatic heterocycles. The summed E-state index contributed by atoms with van der Waals surface area (Å²) in [5, 5.41) is 1.25. The Bertz CT molecular complexity index is 1170. The molecular weight excluding hydrogens is 396 g/mol. The van der Waals surface area contributed by atoms with Crippen molar-refractivity contribution in [2.45, 2.75) is 6.61 Å². The third-order valence-electron chi connectivity index (χ3n) is 4.94. The Balaban J connectivity index is 1.26. The molecule has 1 saturated heterocycles. The molecule has 0 saturated carbocycles. The second-order valence-corrected chi connectivity index (χ2v) is 7.02. The molecule has 0 unspecified atom stereocenters. The third-order valence-corrected chi connectivity index (χ3v) is 4.94. The number of fused-ring (bicyclic) bond motifs is 1. The lowest BCUT2D eigenvalue weighted by Crippen LogP contribution is -2.35. The lowest BCUT2D eigenvalue weighted by atomic mass is 10.1. The number of hydrogen-bond acceptors (Lipinski definition) is 5. The highest BCUT2D eigenvalue weighted by atomic mass is 16.7. The monoisotopic (exact) mass is 414 g/mol. The van der Waals surface area contributed by atoms with E-state index in [2.05, 4.69) is 5.43 Å². The molecule has 0 aromatic heterocycles. The van der Waals surface area contributed by atoms with Crippen molar-refractivity contribution in [3.63, 3.8) is 0 Å². The van der Waals surface area contributed by atoms with Gasteiger partial charge in [-0.3, -0.25) is 15.0 Å². The summed E-state index contributed by atoms with van der Waals surface area (Å²) in [6.45, 7) is 0.615. The Morgan fingerprint density at radius 3 is 2.52 bits per heavy atom. The fraction of sp³-hybridized carbons (Fsp3) is 0.0833. The Hall–Kier alpha value is -4.26. The first-order valence-electron chi connectivity index (χ1n) is 9.71. The minimum absolute atomic E-state index is 0.0814. The molecular formula is C24H18N2O5. The Morgan fingerprint density at radius 2 is 1.71 bits per heavy atom. The normalized spacial score (nSPS) is 16.0. The van der Waals surface area contributed by atoms with E-state index in [1.165, 1.54) is 5.01 Å². The molecule has 154 valence electrons. The zero-order valence-corrected chi connectivity index (χ0v) is 16.4.